The molecular formula is C25H32N6O3S. The van der Waals surface area contributed by atoms with Crippen LogP contribution >= 0.6 is 0 Å². The zero-order chi connectivity index (χ0) is 25.2. The lowest BCUT2D eigenvalue weighted by Crippen LogP contribution is -2.30. The molecule has 0 spiro atoms. The molecule has 0 unspecified atom stereocenters. The van der Waals surface area contributed by atoms with E-state index in [2.05, 4.69) is 19.6 Å². The van der Waals surface area contributed by atoms with Gasteiger partial charge in [0.05, 0.1) is 22.4 Å². The zero-order valence-corrected chi connectivity index (χ0v) is 21.1. The quantitative estimate of drug-likeness (QED) is 0.433. The van der Waals surface area contributed by atoms with Gasteiger partial charge in [0.2, 0.25) is 10.0 Å². The number of benzene rings is 1. The Kier molecular flexibility index (Phi) is 7.07. The molecule has 0 aliphatic carbocycles. The summed E-state index contributed by atoms with van der Waals surface area (Å²) in [5.41, 5.74) is 8.45. The molecule has 3 aromatic rings. The SMILES string of the molecule is Cc1ccc(S(=O)(=O)NCCC(C)(C)O)cc1-c1cnc(N)c(-c2ccc(N3CCCC3)nc2)n1. The highest BCUT2D eigenvalue weighted by molar-refractivity contribution is 7.89. The molecule has 35 heavy (non-hydrogen) atoms. The average Bonchev–Trinajstić information content (AvgIpc) is 3.34. The van der Waals surface area contributed by atoms with Crippen molar-refractivity contribution in [3.05, 3.63) is 48.3 Å². The number of aromatic nitrogens is 3. The molecule has 10 heteroatoms. The van der Waals surface area contributed by atoms with E-state index in [1.54, 1.807) is 44.4 Å². The maximum absolute atomic E-state index is 12.8. The van der Waals surface area contributed by atoms with Crippen LogP contribution in [0.4, 0.5) is 11.6 Å². The van der Waals surface area contributed by atoms with E-state index in [0.29, 0.717) is 23.4 Å². The van der Waals surface area contributed by atoms with Crippen LogP contribution < -0.4 is 15.4 Å². The van der Waals surface area contributed by atoms with E-state index < -0.39 is 15.6 Å². The molecule has 0 amide bonds. The van der Waals surface area contributed by atoms with Crippen LogP contribution in [0.3, 0.4) is 0 Å². The molecule has 1 aromatic carbocycles. The van der Waals surface area contributed by atoms with Crippen molar-refractivity contribution in [2.24, 2.45) is 0 Å². The van der Waals surface area contributed by atoms with E-state index in [9.17, 15) is 13.5 Å². The molecule has 4 N–H and O–H groups in total. The van der Waals surface area contributed by atoms with Crippen molar-refractivity contribution in [2.75, 3.05) is 30.3 Å². The maximum atomic E-state index is 12.8. The van der Waals surface area contributed by atoms with Crippen LogP contribution in [0, 0.1) is 6.92 Å². The average molecular weight is 497 g/mol. The molecule has 1 saturated heterocycles. The number of aliphatic hydroxyl groups is 1. The number of pyridine rings is 1. The minimum Gasteiger partial charge on any atom is -0.390 e. The van der Waals surface area contributed by atoms with Crippen molar-refractivity contribution in [3.63, 3.8) is 0 Å². The van der Waals surface area contributed by atoms with Gasteiger partial charge in [-0.25, -0.2) is 28.1 Å². The third-order valence-corrected chi connectivity index (χ3v) is 7.54. The van der Waals surface area contributed by atoms with Gasteiger partial charge < -0.3 is 15.7 Å². The van der Waals surface area contributed by atoms with Gasteiger partial charge in [0.25, 0.3) is 0 Å². The summed E-state index contributed by atoms with van der Waals surface area (Å²) in [6, 6.07) is 8.78. The summed E-state index contributed by atoms with van der Waals surface area (Å²) in [7, 11) is -3.76. The van der Waals surface area contributed by atoms with Crippen LogP contribution in [0.5, 0.6) is 0 Å². The van der Waals surface area contributed by atoms with E-state index in [4.69, 9.17) is 10.7 Å². The molecule has 0 radical (unpaired) electrons. The Morgan fingerprint density at radius 2 is 1.86 bits per heavy atom. The van der Waals surface area contributed by atoms with Crippen LogP contribution in [0.25, 0.3) is 22.5 Å². The number of aryl methyl sites for hydroxylation is 1. The number of nitrogens with zero attached hydrogens (tertiary/aromatic N) is 4. The first-order chi connectivity index (χ1) is 16.5. The first-order valence-electron chi connectivity index (χ1n) is 11.7. The molecule has 2 aromatic heterocycles. The molecule has 0 atom stereocenters. The fourth-order valence-corrected chi connectivity index (χ4v) is 5.08. The third kappa shape index (κ3) is 5.95. The third-order valence-electron chi connectivity index (χ3n) is 6.08. The maximum Gasteiger partial charge on any atom is 0.240 e. The predicted octanol–water partition coefficient (Wildman–Crippen LogP) is 3.14. The Balaban J connectivity index is 1.62. The number of nitrogens with two attached hydrogens (primary N) is 1. The summed E-state index contributed by atoms with van der Waals surface area (Å²) in [6.45, 7) is 7.30. The van der Waals surface area contributed by atoms with Crippen LogP contribution in [0.2, 0.25) is 0 Å². The second-order valence-corrected chi connectivity index (χ2v) is 11.3. The van der Waals surface area contributed by atoms with Crippen LogP contribution in [-0.4, -0.2) is 53.7 Å². The van der Waals surface area contributed by atoms with Gasteiger partial charge in [0.1, 0.15) is 17.3 Å². The Hall–Kier alpha value is -3.08. The van der Waals surface area contributed by atoms with Crippen LogP contribution in [-0.2, 0) is 10.0 Å². The van der Waals surface area contributed by atoms with Gasteiger partial charge in [0, 0.05) is 37.0 Å². The van der Waals surface area contributed by atoms with Crippen molar-refractivity contribution in [2.45, 2.75) is 50.5 Å². The van der Waals surface area contributed by atoms with E-state index in [0.717, 1.165) is 30.0 Å². The number of anilines is 2. The zero-order valence-electron chi connectivity index (χ0n) is 20.3. The summed E-state index contributed by atoms with van der Waals surface area (Å²) in [4.78, 5) is 16.0. The van der Waals surface area contributed by atoms with Crippen LogP contribution in [0.15, 0.2) is 47.6 Å². The Labute approximate surface area is 206 Å². The highest BCUT2D eigenvalue weighted by Gasteiger charge is 2.20. The smallest absolute Gasteiger partial charge is 0.240 e. The molecule has 0 bridgehead atoms. The van der Waals surface area contributed by atoms with Gasteiger partial charge in [-0.15, -0.1) is 0 Å². The van der Waals surface area contributed by atoms with Crippen LogP contribution in [0.1, 0.15) is 38.7 Å². The number of hydrogen-bond donors (Lipinski definition) is 3. The highest BCUT2D eigenvalue weighted by atomic mass is 32.2. The van der Waals surface area contributed by atoms with Crippen molar-refractivity contribution in [1.82, 2.24) is 19.7 Å². The second kappa shape index (κ2) is 9.88. The van der Waals surface area contributed by atoms with Crippen molar-refractivity contribution in [3.8, 4) is 22.5 Å². The minimum atomic E-state index is -3.76. The van der Waals surface area contributed by atoms with Gasteiger partial charge in [-0.3, -0.25) is 0 Å². The van der Waals surface area contributed by atoms with Gasteiger partial charge in [-0.1, -0.05) is 6.07 Å². The monoisotopic (exact) mass is 496 g/mol. The van der Waals surface area contributed by atoms with Gasteiger partial charge in [0.15, 0.2) is 0 Å². The molecule has 0 saturated carbocycles. The summed E-state index contributed by atoms with van der Waals surface area (Å²) >= 11 is 0. The highest BCUT2D eigenvalue weighted by Crippen LogP contribution is 2.30. The van der Waals surface area contributed by atoms with Crippen molar-refractivity contribution in [1.29, 1.82) is 0 Å². The molecule has 3 heterocycles. The fraction of sp³-hybridized carbons (Fsp3) is 0.400. The standard InChI is InChI=1S/C25H32N6O3S/c1-17-6-8-19(35(33,34)29-11-10-25(2,3)32)14-20(17)21-16-28-24(26)23(30-21)18-7-9-22(27-15-18)31-12-4-5-13-31/h6-9,14-16,29,32H,4-5,10-13H2,1-3H3,(H2,26,28). The minimum absolute atomic E-state index is 0.116. The predicted molar refractivity (Wildman–Crippen MR) is 137 cm³/mol. The molecule has 1 aliphatic heterocycles. The molecule has 9 nitrogen and oxygen atoms in total. The number of nitrogens with one attached hydrogen (secondary N) is 1. The molecular weight excluding hydrogens is 464 g/mol. The molecule has 1 aliphatic rings. The number of sulfonamides is 1. The summed E-state index contributed by atoms with van der Waals surface area (Å²) in [5.74, 6) is 1.21. The molecule has 1 fully saturated rings. The normalized spacial score (nSPS) is 14.5. The topological polar surface area (TPSA) is 134 Å². The molecule has 186 valence electrons. The first kappa shape index (κ1) is 25.0. The van der Waals surface area contributed by atoms with E-state index in [1.165, 1.54) is 12.8 Å². The van der Waals surface area contributed by atoms with Crippen molar-refractivity contribution >= 4 is 21.7 Å². The number of rotatable bonds is 8. The summed E-state index contributed by atoms with van der Waals surface area (Å²) in [5, 5.41) is 9.86. The van der Waals surface area contributed by atoms with E-state index >= 15 is 0 Å². The first-order valence-corrected chi connectivity index (χ1v) is 13.2. The Morgan fingerprint density at radius 3 is 2.51 bits per heavy atom. The number of nitrogen functional groups attached to an aromatic ring is 1. The van der Waals surface area contributed by atoms with Gasteiger partial charge in [-0.2, -0.15) is 0 Å². The van der Waals surface area contributed by atoms with Gasteiger partial charge in [-0.05, 0) is 69.9 Å². The summed E-state index contributed by atoms with van der Waals surface area (Å²) in [6.07, 6.45) is 5.94. The van der Waals surface area contributed by atoms with Crippen molar-refractivity contribution < 1.29 is 13.5 Å². The lowest BCUT2D eigenvalue weighted by molar-refractivity contribution is 0.0728. The van der Waals surface area contributed by atoms with E-state index in [1.807, 2.05) is 19.1 Å². The van der Waals surface area contributed by atoms with E-state index in [-0.39, 0.29) is 17.3 Å². The second-order valence-electron chi connectivity index (χ2n) is 9.53. The summed E-state index contributed by atoms with van der Waals surface area (Å²) < 4.78 is 28.2. The Bertz CT molecular complexity index is 1300. The lowest BCUT2D eigenvalue weighted by Gasteiger charge is -2.17. The number of hydrogen-bond acceptors (Lipinski definition) is 8. The largest absolute Gasteiger partial charge is 0.390 e. The molecule has 4 rings (SSSR count). The fourth-order valence-electron chi connectivity index (χ4n) is 4.02. The van der Waals surface area contributed by atoms with Gasteiger partial charge >= 0.3 is 0 Å². The Morgan fingerprint density at radius 1 is 1.11 bits per heavy atom. The lowest BCUT2D eigenvalue weighted by atomic mass is 10.1.